The number of benzene rings is 2. The summed E-state index contributed by atoms with van der Waals surface area (Å²) >= 11 is 5.80. The maximum Gasteiger partial charge on any atom is 0.335 e. The van der Waals surface area contributed by atoms with Crippen LogP contribution in [0.2, 0.25) is 0 Å². The molecule has 0 amide bonds. The number of aromatic nitrogens is 2. The Balaban J connectivity index is 1.65. The third kappa shape index (κ3) is 3.88. The van der Waals surface area contributed by atoms with Crippen molar-refractivity contribution in [2.24, 2.45) is 0 Å². The average molecular weight is 471 g/mol. The van der Waals surface area contributed by atoms with Gasteiger partial charge in [-0.3, -0.25) is 4.98 Å². The fourth-order valence-corrected chi connectivity index (χ4v) is 4.68. The molecule has 2 aromatic carbocycles. The summed E-state index contributed by atoms with van der Waals surface area (Å²) in [6.45, 7) is 0. The summed E-state index contributed by atoms with van der Waals surface area (Å²) in [6.07, 6.45) is 3.70. The van der Waals surface area contributed by atoms with Gasteiger partial charge in [-0.15, -0.1) is 0 Å². The van der Waals surface area contributed by atoms with E-state index in [1.807, 2.05) is 71.4 Å². The summed E-state index contributed by atoms with van der Waals surface area (Å²) in [5.41, 5.74) is 3.70. The molecule has 3 heterocycles. The Morgan fingerprint density at radius 1 is 1.03 bits per heavy atom. The van der Waals surface area contributed by atoms with Crippen molar-refractivity contribution in [3.63, 3.8) is 0 Å². The summed E-state index contributed by atoms with van der Waals surface area (Å²) in [4.78, 5) is 18.2. The lowest BCUT2D eigenvalue weighted by molar-refractivity contribution is 0.0697. The lowest BCUT2D eigenvalue weighted by atomic mass is 10.0. The van der Waals surface area contributed by atoms with Crippen LogP contribution in [0.1, 0.15) is 33.8 Å². The first-order valence-electron chi connectivity index (χ1n) is 10.7. The molecule has 1 aliphatic heterocycles. The molecule has 2 aromatic heterocycles. The summed E-state index contributed by atoms with van der Waals surface area (Å²) in [5.74, 6) is -0.209. The number of hydrogen-bond acceptors (Lipinski definition) is 4. The second-order valence-corrected chi connectivity index (χ2v) is 8.24. The van der Waals surface area contributed by atoms with Crippen LogP contribution in [0.15, 0.2) is 91.3 Å². The van der Waals surface area contributed by atoms with Crippen LogP contribution < -0.4 is 15.0 Å². The van der Waals surface area contributed by atoms with Gasteiger partial charge in [0, 0.05) is 29.5 Å². The van der Waals surface area contributed by atoms with Crippen LogP contribution in [0, 0.1) is 0 Å². The standard InChI is InChI=1S/C26H22N4O3S/c1-33-20-12-10-18(11-13-20)30-24(23(28-26(30)34)21-8-2-3-14-27-21)22-9-5-15-29(22)19-7-4-6-17(16-19)25(31)32/h2-16,23-24H,1H3,(H,28,34)(H,31,32). The molecule has 0 aliphatic carbocycles. The largest absolute Gasteiger partial charge is 0.497 e. The van der Waals surface area contributed by atoms with Gasteiger partial charge in [0.05, 0.1) is 24.4 Å². The SMILES string of the molecule is COc1ccc(N2C(=S)NC(c3ccccn3)C2c2cccn2-c2cccc(C(=O)O)c2)cc1. The zero-order chi connectivity index (χ0) is 23.7. The molecule has 1 aliphatic rings. The van der Waals surface area contributed by atoms with E-state index in [-0.39, 0.29) is 17.6 Å². The van der Waals surface area contributed by atoms with Crippen molar-refractivity contribution in [3.8, 4) is 11.4 Å². The first-order chi connectivity index (χ1) is 16.6. The van der Waals surface area contributed by atoms with Crippen LogP contribution in [0.4, 0.5) is 5.69 Å². The highest BCUT2D eigenvalue weighted by Crippen LogP contribution is 2.42. The highest BCUT2D eigenvalue weighted by Gasteiger charge is 2.42. The van der Waals surface area contributed by atoms with Gasteiger partial charge in [0.25, 0.3) is 0 Å². The number of nitrogens with one attached hydrogen (secondary N) is 1. The molecule has 34 heavy (non-hydrogen) atoms. The van der Waals surface area contributed by atoms with Gasteiger partial charge in [-0.05, 0) is 78.9 Å². The number of methoxy groups -OCH3 is 1. The third-order valence-electron chi connectivity index (χ3n) is 5.90. The van der Waals surface area contributed by atoms with Crippen molar-refractivity contribution in [1.29, 1.82) is 0 Å². The smallest absolute Gasteiger partial charge is 0.335 e. The Labute approximate surface area is 202 Å². The van der Waals surface area contributed by atoms with Gasteiger partial charge in [-0.2, -0.15) is 0 Å². The molecule has 2 unspecified atom stereocenters. The fourth-order valence-electron chi connectivity index (χ4n) is 4.34. The van der Waals surface area contributed by atoms with Crippen molar-refractivity contribution in [2.75, 3.05) is 12.0 Å². The average Bonchev–Trinajstić information content (AvgIpc) is 3.49. The Kier molecular flexibility index (Phi) is 5.73. The van der Waals surface area contributed by atoms with Crippen LogP contribution in [0.3, 0.4) is 0 Å². The lowest BCUT2D eigenvalue weighted by Gasteiger charge is -2.29. The number of rotatable bonds is 6. The number of nitrogens with zero attached hydrogens (tertiary/aromatic N) is 3. The minimum atomic E-state index is -0.967. The first-order valence-corrected chi connectivity index (χ1v) is 11.1. The third-order valence-corrected chi connectivity index (χ3v) is 6.22. The number of carbonyl (C=O) groups is 1. The minimum absolute atomic E-state index is 0.216. The maximum atomic E-state index is 11.6. The Morgan fingerprint density at radius 2 is 1.85 bits per heavy atom. The molecular weight excluding hydrogens is 448 g/mol. The molecule has 2 N–H and O–H groups in total. The number of hydrogen-bond donors (Lipinski definition) is 2. The van der Waals surface area contributed by atoms with E-state index in [4.69, 9.17) is 17.0 Å². The van der Waals surface area contributed by atoms with Gasteiger partial charge in [-0.25, -0.2) is 4.79 Å². The van der Waals surface area contributed by atoms with Gasteiger partial charge < -0.3 is 24.6 Å². The number of pyridine rings is 1. The van der Waals surface area contributed by atoms with Crippen molar-refractivity contribution in [3.05, 3.63) is 108 Å². The lowest BCUT2D eigenvalue weighted by Crippen LogP contribution is -2.30. The van der Waals surface area contributed by atoms with Crippen LogP contribution in [-0.4, -0.2) is 32.8 Å². The Morgan fingerprint density at radius 3 is 2.56 bits per heavy atom. The van der Waals surface area contributed by atoms with E-state index in [2.05, 4.69) is 15.2 Å². The quantitative estimate of drug-likeness (QED) is 0.394. The predicted octanol–water partition coefficient (Wildman–Crippen LogP) is 4.76. The molecule has 0 bridgehead atoms. The number of thiocarbonyl (C=S) groups is 1. The number of carboxylic acid groups (broad SMARTS) is 1. The molecule has 0 saturated carbocycles. The van der Waals surface area contributed by atoms with Crippen LogP contribution in [0.5, 0.6) is 5.75 Å². The maximum absolute atomic E-state index is 11.6. The van der Waals surface area contributed by atoms with E-state index in [1.54, 1.807) is 31.5 Å². The van der Waals surface area contributed by atoms with Crippen LogP contribution >= 0.6 is 12.2 Å². The summed E-state index contributed by atoms with van der Waals surface area (Å²) in [6, 6.07) is 24.0. The molecule has 0 radical (unpaired) electrons. The van der Waals surface area contributed by atoms with E-state index in [9.17, 15) is 9.90 Å². The highest BCUT2D eigenvalue weighted by molar-refractivity contribution is 7.80. The fraction of sp³-hybridized carbons (Fsp3) is 0.115. The summed E-state index contributed by atoms with van der Waals surface area (Å²) < 4.78 is 7.33. The molecule has 1 fully saturated rings. The second kappa shape index (κ2) is 8.99. The molecule has 1 saturated heterocycles. The van der Waals surface area contributed by atoms with Crippen LogP contribution in [0.25, 0.3) is 5.69 Å². The van der Waals surface area contributed by atoms with Crippen molar-refractivity contribution in [2.45, 2.75) is 12.1 Å². The van der Waals surface area contributed by atoms with Crippen LogP contribution in [-0.2, 0) is 0 Å². The Bertz CT molecular complexity index is 1340. The molecule has 170 valence electrons. The van der Waals surface area contributed by atoms with E-state index in [1.165, 1.54) is 0 Å². The van der Waals surface area contributed by atoms with E-state index in [0.29, 0.717) is 5.11 Å². The van der Waals surface area contributed by atoms with E-state index < -0.39 is 5.97 Å². The van der Waals surface area contributed by atoms with Gasteiger partial charge in [0.1, 0.15) is 11.8 Å². The number of carboxylic acids is 1. The van der Waals surface area contributed by atoms with Crippen molar-refractivity contribution >= 4 is 29.0 Å². The van der Waals surface area contributed by atoms with Gasteiger partial charge >= 0.3 is 5.97 Å². The normalized spacial score (nSPS) is 17.4. The number of anilines is 1. The van der Waals surface area contributed by atoms with E-state index >= 15 is 0 Å². The number of aromatic carboxylic acids is 1. The first kappa shape index (κ1) is 21.7. The topological polar surface area (TPSA) is 79.6 Å². The summed E-state index contributed by atoms with van der Waals surface area (Å²) in [7, 11) is 1.63. The number of ether oxygens (including phenoxy) is 1. The van der Waals surface area contributed by atoms with Gasteiger partial charge in [-0.1, -0.05) is 12.1 Å². The molecule has 5 rings (SSSR count). The van der Waals surface area contributed by atoms with Crippen molar-refractivity contribution < 1.29 is 14.6 Å². The zero-order valence-electron chi connectivity index (χ0n) is 18.3. The summed E-state index contributed by atoms with van der Waals surface area (Å²) in [5, 5.41) is 13.5. The zero-order valence-corrected chi connectivity index (χ0v) is 19.1. The minimum Gasteiger partial charge on any atom is -0.497 e. The van der Waals surface area contributed by atoms with E-state index in [0.717, 1.165) is 28.5 Å². The van der Waals surface area contributed by atoms with Gasteiger partial charge in [0.2, 0.25) is 0 Å². The Hall–Kier alpha value is -4.17. The predicted molar refractivity (Wildman–Crippen MR) is 134 cm³/mol. The molecular formula is C26H22N4O3S. The molecule has 7 nitrogen and oxygen atoms in total. The van der Waals surface area contributed by atoms with Gasteiger partial charge in [0.15, 0.2) is 5.11 Å². The molecule has 8 heteroatoms. The van der Waals surface area contributed by atoms with Crippen molar-refractivity contribution in [1.82, 2.24) is 14.9 Å². The highest BCUT2D eigenvalue weighted by atomic mass is 32.1. The second-order valence-electron chi connectivity index (χ2n) is 7.85. The molecule has 0 spiro atoms. The monoisotopic (exact) mass is 470 g/mol. The molecule has 4 aromatic rings. The molecule has 2 atom stereocenters.